The largest absolute Gasteiger partial charge is 0.490 e. The Labute approximate surface area is 179 Å². The monoisotopic (exact) mass is 446 g/mol. The minimum Gasteiger partial charge on any atom is -0.475 e. The van der Waals surface area contributed by atoms with Crippen molar-refractivity contribution in [3.8, 4) is 0 Å². The van der Waals surface area contributed by atoms with Crippen molar-refractivity contribution >= 4 is 11.9 Å². The molecule has 0 spiro atoms. The molecule has 0 bridgehead atoms. The molecule has 0 unspecified atom stereocenters. The summed E-state index contributed by atoms with van der Waals surface area (Å²) in [7, 11) is 1.70. The second kappa shape index (κ2) is 12.0. The Morgan fingerprint density at radius 2 is 1.97 bits per heavy atom. The summed E-state index contributed by atoms with van der Waals surface area (Å²) in [6, 6.07) is 10.3. The highest BCUT2D eigenvalue weighted by Gasteiger charge is 2.38. The van der Waals surface area contributed by atoms with Gasteiger partial charge in [0.2, 0.25) is 5.91 Å². The Morgan fingerprint density at radius 3 is 2.58 bits per heavy atom. The highest BCUT2D eigenvalue weighted by molar-refractivity contribution is 5.78. The number of carbonyl (C=O) groups is 2. The van der Waals surface area contributed by atoms with E-state index in [1.165, 1.54) is 5.56 Å². The minimum absolute atomic E-state index is 0.00512. The summed E-state index contributed by atoms with van der Waals surface area (Å²) in [5, 5.41) is 9.87. The average Bonchev–Trinajstić information content (AvgIpc) is 2.76. The fourth-order valence-electron chi connectivity index (χ4n) is 3.75. The lowest BCUT2D eigenvalue weighted by Crippen LogP contribution is -2.50. The van der Waals surface area contributed by atoms with Crippen LogP contribution in [0.25, 0.3) is 0 Å². The van der Waals surface area contributed by atoms with E-state index < -0.39 is 12.1 Å². The number of carboxylic acid groups (broad SMARTS) is 1. The van der Waals surface area contributed by atoms with Crippen LogP contribution in [0.5, 0.6) is 0 Å². The molecule has 2 fully saturated rings. The number of hydrogen-bond donors (Lipinski definition) is 2. The first kappa shape index (κ1) is 25.1. The number of alkyl halides is 3. The van der Waals surface area contributed by atoms with Gasteiger partial charge in [0.15, 0.2) is 0 Å². The van der Waals surface area contributed by atoms with Crippen LogP contribution in [0.1, 0.15) is 18.4 Å². The third-order valence-electron chi connectivity index (χ3n) is 5.37. The van der Waals surface area contributed by atoms with E-state index in [2.05, 4.69) is 22.3 Å². The number of likely N-dealkylation sites (tertiary alicyclic amines) is 1. The van der Waals surface area contributed by atoms with Gasteiger partial charge in [-0.1, -0.05) is 30.3 Å². The number of benzene rings is 1. The summed E-state index contributed by atoms with van der Waals surface area (Å²) >= 11 is 0. The number of carbonyl (C=O) groups excluding carboxylic acids is 1. The Morgan fingerprint density at radius 1 is 1.29 bits per heavy atom. The third-order valence-corrected chi connectivity index (χ3v) is 5.37. The molecule has 3 atom stereocenters. The van der Waals surface area contributed by atoms with E-state index in [1.54, 1.807) is 7.05 Å². The molecule has 2 aliphatic rings. The van der Waals surface area contributed by atoms with Crippen molar-refractivity contribution in [1.82, 2.24) is 10.2 Å². The van der Waals surface area contributed by atoms with Crippen LogP contribution in [-0.2, 0) is 25.7 Å². The lowest BCUT2D eigenvalue weighted by molar-refractivity contribution is -0.192. The van der Waals surface area contributed by atoms with E-state index in [-0.39, 0.29) is 11.8 Å². The van der Waals surface area contributed by atoms with Crippen molar-refractivity contribution in [2.45, 2.75) is 31.7 Å². The predicted octanol–water partition coefficient (Wildman–Crippen LogP) is 2.31. The van der Waals surface area contributed by atoms with Crippen LogP contribution in [0.15, 0.2) is 30.3 Å². The number of fused-ring (bicyclic) bond motifs is 1. The topological polar surface area (TPSA) is 88.1 Å². The summed E-state index contributed by atoms with van der Waals surface area (Å²) in [6.07, 6.45) is -2.76. The highest BCUT2D eigenvalue weighted by atomic mass is 19.4. The molecule has 174 valence electrons. The lowest BCUT2D eigenvalue weighted by atomic mass is 9.83. The first-order valence-corrected chi connectivity index (χ1v) is 10.2. The molecule has 2 N–H and O–H groups in total. The number of halogens is 3. The van der Waals surface area contributed by atoms with Gasteiger partial charge in [0.05, 0.1) is 31.8 Å². The van der Waals surface area contributed by atoms with E-state index in [9.17, 15) is 18.0 Å². The zero-order valence-corrected chi connectivity index (χ0v) is 17.4. The molecule has 3 rings (SSSR count). The van der Waals surface area contributed by atoms with Crippen LogP contribution in [0.2, 0.25) is 0 Å². The summed E-state index contributed by atoms with van der Waals surface area (Å²) in [5.74, 6) is -2.18. The zero-order chi connectivity index (χ0) is 22.9. The van der Waals surface area contributed by atoms with Crippen molar-refractivity contribution in [3.05, 3.63) is 35.9 Å². The first-order valence-electron chi connectivity index (χ1n) is 10.2. The number of nitrogens with one attached hydrogen (secondary N) is 1. The summed E-state index contributed by atoms with van der Waals surface area (Å²) < 4.78 is 43.5. The summed E-state index contributed by atoms with van der Waals surface area (Å²) in [6.45, 7) is 4.99. The lowest BCUT2D eigenvalue weighted by Gasteiger charge is -2.43. The van der Waals surface area contributed by atoms with E-state index in [1.807, 2.05) is 18.2 Å². The number of rotatable bonds is 6. The number of piperidine rings is 1. The summed E-state index contributed by atoms with van der Waals surface area (Å²) in [4.78, 5) is 23.2. The van der Waals surface area contributed by atoms with Crippen LogP contribution in [0.3, 0.4) is 0 Å². The quantitative estimate of drug-likeness (QED) is 0.652. The minimum atomic E-state index is -5.08. The van der Waals surface area contributed by atoms with Crippen molar-refractivity contribution in [3.63, 3.8) is 0 Å². The molecule has 0 radical (unpaired) electrons. The molecule has 1 aromatic rings. The molecular formula is C21H29F3N2O5. The first-order chi connectivity index (χ1) is 14.7. The van der Waals surface area contributed by atoms with Crippen LogP contribution >= 0.6 is 0 Å². The van der Waals surface area contributed by atoms with Gasteiger partial charge in [-0.25, -0.2) is 4.79 Å². The Kier molecular flexibility index (Phi) is 9.73. The van der Waals surface area contributed by atoms with Crippen molar-refractivity contribution in [2.75, 3.05) is 39.9 Å². The Balaban J connectivity index is 0.000000423. The van der Waals surface area contributed by atoms with E-state index in [4.69, 9.17) is 19.4 Å². The molecule has 2 heterocycles. The molecule has 1 aromatic carbocycles. The SMILES string of the molecule is CNC(=O)[C@H]1CO[C@H]2CCN(CCOCc3ccccc3)C[C@H]2C1.O=C(O)C(F)(F)F. The molecule has 10 heteroatoms. The molecule has 2 aliphatic heterocycles. The van der Waals surface area contributed by atoms with Crippen LogP contribution < -0.4 is 5.32 Å². The maximum atomic E-state index is 11.8. The second-order valence-corrected chi connectivity index (χ2v) is 7.61. The maximum absolute atomic E-state index is 11.8. The molecule has 0 saturated carbocycles. The molecule has 31 heavy (non-hydrogen) atoms. The molecular weight excluding hydrogens is 417 g/mol. The van der Waals surface area contributed by atoms with Gasteiger partial charge in [-0.05, 0) is 24.3 Å². The third kappa shape index (κ3) is 8.47. The Bertz CT molecular complexity index is 702. The number of hydrogen-bond acceptors (Lipinski definition) is 5. The van der Waals surface area contributed by atoms with Gasteiger partial charge < -0.3 is 24.8 Å². The van der Waals surface area contributed by atoms with Crippen molar-refractivity contribution < 1.29 is 37.3 Å². The number of aliphatic carboxylic acids is 1. The van der Waals surface area contributed by atoms with Gasteiger partial charge in [-0.15, -0.1) is 0 Å². The van der Waals surface area contributed by atoms with Gasteiger partial charge in [0, 0.05) is 26.7 Å². The van der Waals surface area contributed by atoms with E-state index >= 15 is 0 Å². The fourth-order valence-corrected chi connectivity index (χ4v) is 3.75. The highest BCUT2D eigenvalue weighted by Crippen LogP contribution is 2.31. The number of nitrogens with zero attached hydrogens (tertiary/aromatic N) is 1. The van der Waals surface area contributed by atoms with Gasteiger partial charge in [0.25, 0.3) is 0 Å². The maximum Gasteiger partial charge on any atom is 0.490 e. The van der Waals surface area contributed by atoms with Crippen molar-refractivity contribution in [1.29, 1.82) is 0 Å². The molecule has 0 aromatic heterocycles. The van der Waals surface area contributed by atoms with Crippen LogP contribution in [0.4, 0.5) is 13.2 Å². The normalized spacial score (nSPS) is 23.8. The van der Waals surface area contributed by atoms with Gasteiger partial charge in [-0.3, -0.25) is 4.79 Å². The van der Waals surface area contributed by atoms with Gasteiger partial charge in [0.1, 0.15) is 0 Å². The molecule has 0 aliphatic carbocycles. The van der Waals surface area contributed by atoms with Gasteiger partial charge in [-0.2, -0.15) is 13.2 Å². The molecule has 2 saturated heterocycles. The predicted molar refractivity (Wildman–Crippen MR) is 106 cm³/mol. The number of amides is 1. The number of ether oxygens (including phenoxy) is 2. The van der Waals surface area contributed by atoms with Gasteiger partial charge >= 0.3 is 12.1 Å². The standard InChI is InChI=1S/C19H28N2O3.C2HF3O2/c1-20-19(22)17-11-16-12-21(8-7-18(16)24-14-17)9-10-23-13-15-5-3-2-4-6-15;3-2(4,5)1(6)7/h2-6,16-18H,7-14H2,1H3,(H,20,22);(H,6,7)/t16-,17-,18+;/m1./s1. The van der Waals surface area contributed by atoms with E-state index in [0.717, 1.165) is 39.1 Å². The summed E-state index contributed by atoms with van der Waals surface area (Å²) in [5.41, 5.74) is 1.21. The fraction of sp³-hybridized carbons (Fsp3) is 0.619. The second-order valence-electron chi connectivity index (χ2n) is 7.61. The zero-order valence-electron chi connectivity index (χ0n) is 17.4. The molecule has 7 nitrogen and oxygen atoms in total. The molecule has 1 amide bonds. The smallest absolute Gasteiger partial charge is 0.475 e. The van der Waals surface area contributed by atoms with E-state index in [0.29, 0.717) is 25.2 Å². The Hall–Kier alpha value is -2.17. The number of carboxylic acids is 1. The van der Waals surface area contributed by atoms with Crippen molar-refractivity contribution in [2.24, 2.45) is 11.8 Å². The van der Waals surface area contributed by atoms with Crippen LogP contribution in [-0.4, -0.2) is 74.1 Å². The van der Waals surface area contributed by atoms with Crippen LogP contribution in [0, 0.1) is 11.8 Å². The average molecular weight is 446 g/mol.